The Kier molecular flexibility index (Phi) is 8.05. The number of aryl methyl sites for hydroxylation is 1. The van der Waals surface area contributed by atoms with Crippen molar-refractivity contribution < 1.29 is 13.2 Å². The van der Waals surface area contributed by atoms with Crippen molar-refractivity contribution in [1.82, 2.24) is 4.72 Å². The van der Waals surface area contributed by atoms with Gasteiger partial charge in [0.15, 0.2) is 0 Å². The second-order valence-electron chi connectivity index (χ2n) is 4.10. The van der Waals surface area contributed by atoms with Crippen LogP contribution in [0.25, 0.3) is 0 Å². The molecule has 19 heavy (non-hydrogen) atoms. The van der Waals surface area contributed by atoms with E-state index in [1.54, 1.807) is 0 Å². The van der Waals surface area contributed by atoms with Gasteiger partial charge in [0.05, 0.1) is 12.4 Å². The molecule has 0 aliphatic rings. The lowest BCUT2D eigenvalue weighted by molar-refractivity contribution is 0.147. The van der Waals surface area contributed by atoms with Gasteiger partial charge < -0.3 is 4.74 Å². The first-order chi connectivity index (χ1) is 9.14. The van der Waals surface area contributed by atoms with Crippen molar-refractivity contribution in [3.8, 4) is 0 Å². The van der Waals surface area contributed by atoms with Crippen LogP contribution >= 0.6 is 11.6 Å². The normalized spacial score (nSPS) is 11.6. The molecule has 0 heterocycles. The van der Waals surface area contributed by atoms with Crippen molar-refractivity contribution in [1.29, 1.82) is 0 Å². The average Bonchev–Trinajstić information content (AvgIpc) is 2.42. The molecular weight excluding hydrogens is 286 g/mol. The minimum Gasteiger partial charge on any atom is -0.380 e. The van der Waals surface area contributed by atoms with E-state index >= 15 is 0 Å². The molecule has 0 saturated carbocycles. The SMILES string of the molecule is O=S(=O)(CCc1ccccc1)NCCCOCCCl. The summed E-state index contributed by atoms with van der Waals surface area (Å²) in [4.78, 5) is 0. The van der Waals surface area contributed by atoms with Gasteiger partial charge in [-0.05, 0) is 18.4 Å². The van der Waals surface area contributed by atoms with Crippen LogP contribution in [-0.4, -0.2) is 39.8 Å². The van der Waals surface area contributed by atoms with Crippen molar-refractivity contribution in [2.75, 3.05) is 31.4 Å². The Labute approximate surface area is 120 Å². The van der Waals surface area contributed by atoms with Crippen molar-refractivity contribution >= 4 is 21.6 Å². The molecule has 0 amide bonds. The zero-order valence-corrected chi connectivity index (χ0v) is 12.4. The second-order valence-corrected chi connectivity index (χ2v) is 6.41. The Morgan fingerprint density at radius 3 is 2.58 bits per heavy atom. The summed E-state index contributed by atoms with van der Waals surface area (Å²) in [5.41, 5.74) is 1.03. The number of alkyl halides is 1. The Hall–Kier alpha value is -0.620. The van der Waals surface area contributed by atoms with Crippen molar-refractivity contribution in [3.63, 3.8) is 0 Å². The van der Waals surface area contributed by atoms with E-state index in [0.29, 0.717) is 38.5 Å². The second kappa shape index (κ2) is 9.31. The minimum absolute atomic E-state index is 0.111. The molecule has 0 spiro atoms. The average molecular weight is 306 g/mol. The molecule has 0 aliphatic heterocycles. The third-order valence-electron chi connectivity index (χ3n) is 2.51. The molecule has 1 N–H and O–H groups in total. The summed E-state index contributed by atoms with van der Waals surface area (Å²) in [6.45, 7) is 1.43. The first kappa shape index (κ1) is 16.4. The molecule has 0 aliphatic carbocycles. The van der Waals surface area contributed by atoms with Crippen LogP contribution in [0.3, 0.4) is 0 Å². The zero-order valence-electron chi connectivity index (χ0n) is 10.8. The van der Waals surface area contributed by atoms with E-state index in [2.05, 4.69) is 4.72 Å². The maximum absolute atomic E-state index is 11.7. The minimum atomic E-state index is -3.20. The Morgan fingerprint density at radius 1 is 1.16 bits per heavy atom. The molecule has 108 valence electrons. The van der Waals surface area contributed by atoms with Crippen LogP contribution in [-0.2, 0) is 21.2 Å². The number of rotatable bonds is 10. The maximum atomic E-state index is 11.7. The van der Waals surface area contributed by atoms with Crippen molar-refractivity contribution in [2.45, 2.75) is 12.8 Å². The summed E-state index contributed by atoms with van der Waals surface area (Å²) in [5, 5.41) is 0. The molecule has 1 aromatic carbocycles. The predicted molar refractivity (Wildman–Crippen MR) is 78.1 cm³/mol. The van der Waals surface area contributed by atoms with Crippen LogP contribution in [0.4, 0.5) is 0 Å². The van der Waals surface area contributed by atoms with Gasteiger partial charge in [0.25, 0.3) is 0 Å². The van der Waals surface area contributed by atoms with Gasteiger partial charge in [-0.25, -0.2) is 13.1 Å². The number of hydrogen-bond acceptors (Lipinski definition) is 3. The highest BCUT2D eigenvalue weighted by Crippen LogP contribution is 2.01. The first-order valence-electron chi connectivity index (χ1n) is 6.29. The molecule has 0 unspecified atom stereocenters. The van der Waals surface area contributed by atoms with E-state index in [1.165, 1.54) is 0 Å². The van der Waals surface area contributed by atoms with Gasteiger partial charge in [0.2, 0.25) is 10.0 Å². The number of nitrogens with one attached hydrogen (secondary N) is 1. The van der Waals surface area contributed by atoms with Gasteiger partial charge in [-0.15, -0.1) is 11.6 Å². The monoisotopic (exact) mass is 305 g/mol. The largest absolute Gasteiger partial charge is 0.380 e. The van der Waals surface area contributed by atoms with Gasteiger partial charge in [-0.1, -0.05) is 30.3 Å². The molecule has 1 aromatic rings. The molecule has 0 radical (unpaired) electrons. The highest BCUT2D eigenvalue weighted by atomic mass is 35.5. The fourth-order valence-electron chi connectivity index (χ4n) is 1.53. The smallest absolute Gasteiger partial charge is 0.211 e. The fourth-order valence-corrected chi connectivity index (χ4v) is 2.74. The molecule has 4 nitrogen and oxygen atoms in total. The highest BCUT2D eigenvalue weighted by Gasteiger charge is 2.09. The van der Waals surface area contributed by atoms with Gasteiger partial charge in [0.1, 0.15) is 0 Å². The number of sulfonamides is 1. The quantitative estimate of drug-likeness (QED) is 0.530. The Morgan fingerprint density at radius 2 is 1.89 bits per heavy atom. The van der Waals surface area contributed by atoms with E-state index in [9.17, 15) is 8.42 Å². The molecule has 6 heteroatoms. The number of halogens is 1. The first-order valence-corrected chi connectivity index (χ1v) is 8.48. The molecule has 1 rings (SSSR count). The Balaban J connectivity index is 2.17. The molecule has 0 fully saturated rings. The molecule has 0 bridgehead atoms. The van der Waals surface area contributed by atoms with Gasteiger partial charge in [-0.2, -0.15) is 0 Å². The predicted octanol–water partition coefficient (Wildman–Crippen LogP) is 1.79. The summed E-state index contributed by atoms with van der Waals surface area (Å²) in [5.74, 6) is 0.572. The van der Waals surface area contributed by atoms with Crippen LogP contribution in [0.1, 0.15) is 12.0 Å². The number of hydrogen-bond donors (Lipinski definition) is 1. The summed E-state index contributed by atoms with van der Waals surface area (Å²) >= 11 is 5.45. The molecule has 0 saturated heterocycles. The van der Waals surface area contributed by atoms with Gasteiger partial charge in [-0.3, -0.25) is 0 Å². The lowest BCUT2D eigenvalue weighted by Gasteiger charge is -2.07. The van der Waals surface area contributed by atoms with E-state index in [4.69, 9.17) is 16.3 Å². The van der Waals surface area contributed by atoms with Gasteiger partial charge >= 0.3 is 0 Å². The van der Waals surface area contributed by atoms with Crippen LogP contribution in [0.5, 0.6) is 0 Å². The van der Waals surface area contributed by atoms with Crippen LogP contribution in [0.15, 0.2) is 30.3 Å². The van der Waals surface area contributed by atoms with E-state index in [0.717, 1.165) is 5.56 Å². The zero-order chi connectivity index (χ0) is 14.0. The summed E-state index contributed by atoms with van der Waals surface area (Å²) in [7, 11) is -3.20. The van der Waals surface area contributed by atoms with Gasteiger partial charge in [0, 0.05) is 19.0 Å². The maximum Gasteiger partial charge on any atom is 0.211 e. The van der Waals surface area contributed by atoms with E-state index < -0.39 is 10.0 Å². The topological polar surface area (TPSA) is 55.4 Å². The number of benzene rings is 1. The Bertz CT molecular complexity index is 436. The molecular formula is C13H20ClNO3S. The number of ether oxygens (including phenoxy) is 1. The van der Waals surface area contributed by atoms with Crippen LogP contribution in [0.2, 0.25) is 0 Å². The third kappa shape index (κ3) is 8.21. The van der Waals surface area contributed by atoms with Crippen molar-refractivity contribution in [3.05, 3.63) is 35.9 Å². The van der Waals surface area contributed by atoms with Crippen molar-refractivity contribution in [2.24, 2.45) is 0 Å². The summed E-state index contributed by atoms with van der Waals surface area (Å²) in [6.07, 6.45) is 1.18. The third-order valence-corrected chi connectivity index (χ3v) is 4.05. The standard InChI is InChI=1S/C13H20ClNO3S/c14-8-11-18-10-4-9-15-19(16,17)12-7-13-5-2-1-3-6-13/h1-3,5-6,15H,4,7-12H2. The summed E-state index contributed by atoms with van der Waals surface area (Å²) in [6, 6.07) is 9.58. The molecule has 0 atom stereocenters. The lowest BCUT2D eigenvalue weighted by atomic mass is 10.2. The van der Waals surface area contributed by atoms with Crippen LogP contribution in [0, 0.1) is 0 Å². The van der Waals surface area contributed by atoms with E-state index in [-0.39, 0.29) is 5.75 Å². The highest BCUT2D eigenvalue weighted by molar-refractivity contribution is 7.89. The van der Waals surface area contributed by atoms with Crippen LogP contribution < -0.4 is 4.72 Å². The van der Waals surface area contributed by atoms with E-state index in [1.807, 2.05) is 30.3 Å². The lowest BCUT2D eigenvalue weighted by Crippen LogP contribution is -2.28. The fraction of sp³-hybridized carbons (Fsp3) is 0.538. The molecule has 0 aromatic heterocycles. The summed E-state index contributed by atoms with van der Waals surface area (Å²) < 4.78 is 31.2.